The second kappa shape index (κ2) is 9.96. The third kappa shape index (κ3) is 5.85. The van der Waals surface area contributed by atoms with E-state index in [0.29, 0.717) is 23.8 Å². The molecule has 1 aliphatic heterocycles. The maximum absolute atomic E-state index is 12.7. The third-order valence-electron chi connectivity index (χ3n) is 4.69. The molecule has 9 heteroatoms. The Hall–Kier alpha value is -1.29. The zero-order valence-electron chi connectivity index (χ0n) is 16.1. The molecule has 1 aliphatic rings. The summed E-state index contributed by atoms with van der Waals surface area (Å²) in [4.78, 5) is 17.4. The molecule has 0 aromatic carbocycles. The Balaban J connectivity index is 1.41. The summed E-state index contributed by atoms with van der Waals surface area (Å²) in [6, 6.07) is 3.39. The van der Waals surface area contributed by atoms with Gasteiger partial charge in [-0.1, -0.05) is 6.42 Å². The van der Waals surface area contributed by atoms with Gasteiger partial charge in [-0.2, -0.15) is 4.31 Å². The molecule has 2 aromatic rings. The van der Waals surface area contributed by atoms with Gasteiger partial charge in [0.1, 0.15) is 4.21 Å². The summed E-state index contributed by atoms with van der Waals surface area (Å²) in [5, 5.41) is 6.12. The smallest absolute Gasteiger partial charge is 0.252 e. The van der Waals surface area contributed by atoms with Crippen LogP contribution in [0.15, 0.2) is 21.7 Å². The van der Waals surface area contributed by atoms with Crippen LogP contribution in [-0.2, 0) is 27.7 Å². The number of hydrogen-bond donors (Lipinski definition) is 1. The van der Waals surface area contributed by atoms with Gasteiger partial charge in [0.2, 0.25) is 5.91 Å². The Bertz CT molecular complexity index is 883. The highest BCUT2D eigenvalue weighted by Crippen LogP contribution is 2.27. The maximum atomic E-state index is 12.7. The summed E-state index contributed by atoms with van der Waals surface area (Å²) in [6.07, 6.45) is 5.99. The second-order valence-corrected chi connectivity index (χ2v) is 11.3. The molecule has 3 heterocycles. The standard InChI is InChI=1S/C19H27N3O3S3/c1-15-14-26-18(21-15)7-3-4-10-20-17(23)13-16-8-9-19(27-16)28(24,25)22-11-5-2-6-12-22/h8-9,14H,2-7,10-13H2,1H3,(H,20,23). The summed E-state index contributed by atoms with van der Waals surface area (Å²) in [6.45, 7) is 3.81. The molecule has 0 saturated carbocycles. The number of rotatable bonds is 9. The molecule has 0 aliphatic carbocycles. The molecule has 0 radical (unpaired) electrons. The molecule has 154 valence electrons. The van der Waals surface area contributed by atoms with Crippen LogP contribution in [0.4, 0.5) is 0 Å². The number of nitrogens with one attached hydrogen (secondary N) is 1. The largest absolute Gasteiger partial charge is 0.356 e. The normalized spacial score (nSPS) is 15.6. The average Bonchev–Trinajstić information content (AvgIpc) is 3.31. The second-order valence-electron chi connectivity index (χ2n) is 7.05. The van der Waals surface area contributed by atoms with Crippen LogP contribution in [0.2, 0.25) is 0 Å². The van der Waals surface area contributed by atoms with Gasteiger partial charge in [-0.05, 0) is 51.2 Å². The molecule has 0 atom stereocenters. The van der Waals surface area contributed by atoms with E-state index in [1.165, 1.54) is 11.3 Å². The Morgan fingerprint density at radius 3 is 2.71 bits per heavy atom. The van der Waals surface area contributed by atoms with E-state index in [4.69, 9.17) is 0 Å². The lowest BCUT2D eigenvalue weighted by atomic mass is 10.2. The van der Waals surface area contributed by atoms with E-state index in [-0.39, 0.29) is 12.3 Å². The third-order valence-corrected chi connectivity index (χ3v) is 9.16. The minimum atomic E-state index is -3.41. The number of thiazole rings is 1. The number of sulfonamides is 1. The van der Waals surface area contributed by atoms with E-state index < -0.39 is 10.0 Å². The fourth-order valence-corrected chi connectivity index (χ4v) is 7.04. The molecule has 1 amide bonds. The highest BCUT2D eigenvalue weighted by molar-refractivity contribution is 7.91. The first-order valence-corrected chi connectivity index (χ1v) is 12.9. The van der Waals surface area contributed by atoms with Gasteiger partial charge in [0.25, 0.3) is 10.0 Å². The molecular formula is C19H27N3O3S3. The molecule has 28 heavy (non-hydrogen) atoms. The molecule has 1 N–H and O–H groups in total. The monoisotopic (exact) mass is 441 g/mol. The number of carbonyl (C=O) groups is 1. The summed E-state index contributed by atoms with van der Waals surface area (Å²) >= 11 is 2.89. The number of aryl methyl sites for hydroxylation is 2. The minimum Gasteiger partial charge on any atom is -0.356 e. The van der Waals surface area contributed by atoms with Gasteiger partial charge in [-0.25, -0.2) is 13.4 Å². The van der Waals surface area contributed by atoms with Crippen LogP contribution in [0, 0.1) is 6.92 Å². The van der Waals surface area contributed by atoms with Crippen LogP contribution in [0.5, 0.6) is 0 Å². The summed E-state index contributed by atoms with van der Waals surface area (Å²) < 4.78 is 27.3. The van der Waals surface area contributed by atoms with Crippen LogP contribution < -0.4 is 5.32 Å². The van der Waals surface area contributed by atoms with E-state index >= 15 is 0 Å². The first-order chi connectivity index (χ1) is 13.4. The zero-order chi connectivity index (χ0) is 20.0. The number of thiophene rings is 1. The van der Waals surface area contributed by atoms with Gasteiger partial charge in [0.05, 0.1) is 11.4 Å². The van der Waals surface area contributed by atoms with Crippen molar-refractivity contribution in [3.05, 3.63) is 33.1 Å². The van der Waals surface area contributed by atoms with Crippen molar-refractivity contribution >= 4 is 38.6 Å². The predicted octanol–water partition coefficient (Wildman–Crippen LogP) is 3.37. The number of unbranched alkanes of at least 4 members (excludes halogenated alkanes) is 1. The fraction of sp³-hybridized carbons (Fsp3) is 0.579. The number of hydrogen-bond acceptors (Lipinski definition) is 6. The van der Waals surface area contributed by atoms with Crippen molar-refractivity contribution < 1.29 is 13.2 Å². The first-order valence-electron chi connectivity index (χ1n) is 9.72. The molecule has 1 fully saturated rings. The number of aromatic nitrogens is 1. The van der Waals surface area contributed by atoms with Crippen molar-refractivity contribution in [1.82, 2.24) is 14.6 Å². The molecular weight excluding hydrogens is 414 g/mol. The van der Waals surface area contributed by atoms with Crippen LogP contribution >= 0.6 is 22.7 Å². The van der Waals surface area contributed by atoms with Gasteiger partial charge < -0.3 is 5.32 Å². The van der Waals surface area contributed by atoms with Crippen molar-refractivity contribution in [1.29, 1.82) is 0 Å². The van der Waals surface area contributed by atoms with E-state index in [0.717, 1.165) is 54.1 Å². The topological polar surface area (TPSA) is 79.4 Å². The quantitative estimate of drug-likeness (QED) is 0.605. The highest BCUT2D eigenvalue weighted by Gasteiger charge is 2.27. The summed E-state index contributed by atoms with van der Waals surface area (Å²) in [5.41, 5.74) is 1.06. The first kappa shape index (κ1) is 21.4. The van der Waals surface area contributed by atoms with Crippen LogP contribution in [0.1, 0.15) is 47.7 Å². The van der Waals surface area contributed by atoms with Gasteiger partial charge in [0, 0.05) is 35.6 Å². The van der Waals surface area contributed by atoms with E-state index in [2.05, 4.69) is 15.7 Å². The number of nitrogens with zero attached hydrogens (tertiary/aromatic N) is 2. The molecule has 0 unspecified atom stereocenters. The SMILES string of the molecule is Cc1csc(CCCCNC(=O)Cc2ccc(S(=O)(=O)N3CCCCC3)s2)n1. The average molecular weight is 442 g/mol. The lowest BCUT2D eigenvalue weighted by molar-refractivity contribution is -0.120. The van der Waals surface area contributed by atoms with E-state index in [1.54, 1.807) is 27.8 Å². The van der Waals surface area contributed by atoms with Gasteiger partial charge in [-0.3, -0.25) is 4.79 Å². The zero-order valence-corrected chi connectivity index (χ0v) is 18.6. The molecule has 0 spiro atoms. The molecule has 1 saturated heterocycles. The maximum Gasteiger partial charge on any atom is 0.252 e. The number of amides is 1. The Kier molecular flexibility index (Phi) is 7.62. The highest BCUT2D eigenvalue weighted by atomic mass is 32.2. The van der Waals surface area contributed by atoms with Crippen molar-refractivity contribution in [2.75, 3.05) is 19.6 Å². The minimum absolute atomic E-state index is 0.0612. The Labute approximate surface area is 175 Å². The molecule has 6 nitrogen and oxygen atoms in total. The Morgan fingerprint density at radius 2 is 2.00 bits per heavy atom. The van der Waals surface area contributed by atoms with Crippen LogP contribution in [0.25, 0.3) is 0 Å². The van der Waals surface area contributed by atoms with E-state index in [9.17, 15) is 13.2 Å². The number of piperidine rings is 1. The molecule has 0 bridgehead atoms. The summed E-state index contributed by atoms with van der Waals surface area (Å²) in [7, 11) is -3.41. The van der Waals surface area contributed by atoms with Gasteiger partial charge in [-0.15, -0.1) is 22.7 Å². The van der Waals surface area contributed by atoms with Crippen molar-refractivity contribution in [2.45, 2.75) is 56.1 Å². The summed E-state index contributed by atoms with van der Waals surface area (Å²) in [5.74, 6) is -0.0612. The molecule has 3 rings (SSSR count). The lowest BCUT2D eigenvalue weighted by Gasteiger charge is -2.25. The van der Waals surface area contributed by atoms with Crippen LogP contribution in [0.3, 0.4) is 0 Å². The van der Waals surface area contributed by atoms with Crippen LogP contribution in [-0.4, -0.2) is 43.2 Å². The van der Waals surface area contributed by atoms with E-state index in [1.807, 2.05) is 6.92 Å². The van der Waals surface area contributed by atoms with Gasteiger partial charge >= 0.3 is 0 Å². The lowest BCUT2D eigenvalue weighted by Crippen LogP contribution is -2.35. The van der Waals surface area contributed by atoms with Crippen molar-refractivity contribution in [3.63, 3.8) is 0 Å². The van der Waals surface area contributed by atoms with Gasteiger partial charge in [0.15, 0.2) is 0 Å². The fourth-order valence-electron chi connectivity index (χ4n) is 3.19. The van der Waals surface area contributed by atoms with Crippen molar-refractivity contribution in [2.24, 2.45) is 0 Å². The molecule has 2 aromatic heterocycles. The van der Waals surface area contributed by atoms with Crippen molar-refractivity contribution in [3.8, 4) is 0 Å². The Morgan fingerprint density at radius 1 is 1.21 bits per heavy atom. The predicted molar refractivity (Wildman–Crippen MR) is 113 cm³/mol. The number of carbonyl (C=O) groups excluding carboxylic acids is 1.